The standard InChI is InChI=1S/C9H9F2NO3/c10-6-2-1-5(3-7(6)11)15-8(4-12)9(13)14/h1-3,8H,4,12H2,(H,13,14). The van der Waals surface area contributed by atoms with Crippen LogP contribution in [0.2, 0.25) is 0 Å². The van der Waals surface area contributed by atoms with Gasteiger partial charge in [-0.05, 0) is 12.1 Å². The van der Waals surface area contributed by atoms with Crippen molar-refractivity contribution in [3.8, 4) is 5.75 Å². The quantitative estimate of drug-likeness (QED) is 0.780. The lowest BCUT2D eigenvalue weighted by Crippen LogP contribution is -2.34. The lowest BCUT2D eigenvalue weighted by atomic mass is 10.3. The van der Waals surface area contributed by atoms with E-state index in [0.717, 1.165) is 18.2 Å². The van der Waals surface area contributed by atoms with E-state index in [-0.39, 0.29) is 12.3 Å². The number of ether oxygens (including phenoxy) is 1. The summed E-state index contributed by atoms with van der Waals surface area (Å²) in [5, 5.41) is 8.59. The number of halogens is 2. The van der Waals surface area contributed by atoms with E-state index >= 15 is 0 Å². The molecule has 0 bridgehead atoms. The van der Waals surface area contributed by atoms with Crippen molar-refractivity contribution in [2.45, 2.75) is 6.10 Å². The van der Waals surface area contributed by atoms with Gasteiger partial charge >= 0.3 is 5.97 Å². The molecule has 4 nitrogen and oxygen atoms in total. The maximum atomic E-state index is 12.7. The van der Waals surface area contributed by atoms with Gasteiger partial charge in [0.1, 0.15) is 5.75 Å². The number of nitrogens with two attached hydrogens (primary N) is 1. The molecular formula is C9H9F2NO3. The summed E-state index contributed by atoms with van der Waals surface area (Å²) in [6, 6.07) is 2.74. The molecule has 3 N–H and O–H groups in total. The van der Waals surface area contributed by atoms with Crippen molar-refractivity contribution in [3.63, 3.8) is 0 Å². The summed E-state index contributed by atoms with van der Waals surface area (Å²) >= 11 is 0. The summed E-state index contributed by atoms with van der Waals surface area (Å²) in [6.45, 7) is -0.256. The minimum atomic E-state index is -1.27. The third-order valence-corrected chi connectivity index (χ3v) is 1.66. The summed E-state index contributed by atoms with van der Waals surface area (Å²) in [5.74, 6) is -3.47. The second kappa shape index (κ2) is 4.70. The first-order valence-electron chi connectivity index (χ1n) is 4.09. The van der Waals surface area contributed by atoms with Gasteiger partial charge in [0, 0.05) is 12.6 Å². The Hall–Kier alpha value is -1.69. The molecule has 1 atom stereocenters. The molecular weight excluding hydrogens is 208 g/mol. The normalized spacial score (nSPS) is 12.2. The monoisotopic (exact) mass is 217 g/mol. The number of hydrogen-bond acceptors (Lipinski definition) is 3. The molecule has 1 aromatic carbocycles. The Kier molecular flexibility index (Phi) is 3.56. The third-order valence-electron chi connectivity index (χ3n) is 1.66. The van der Waals surface area contributed by atoms with E-state index in [1.54, 1.807) is 0 Å². The first kappa shape index (κ1) is 11.4. The van der Waals surface area contributed by atoms with E-state index in [9.17, 15) is 13.6 Å². The molecule has 0 fully saturated rings. The van der Waals surface area contributed by atoms with Crippen molar-refractivity contribution < 1.29 is 23.4 Å². The summed E-state index contributed by atoms with van der Waals surface area (Å²) in [7, 11) is 0. The molecule has 0 aliphatic carbocycles. The SMILES string of the molecule is NCC(Oc1ccc(F)c(F)c1)C(=O)O. The molecule has 0 amide bonds. The van der Waals surface area contributed by atoms with Gasteiger partial charge in [0.15, 0.2) is 11.6 Å². The van der Waals surface area contributed by atoms with Gasteiger partial charge in [0.2, 0.25) is 6.10 Å². The largest absolute Gasteiger partial charge is 0.478 e. The number of carbonyl (C=O) groups is 1. The third kappa shape index (κ3) is 2.88. The summed E-state index contributed by atoms with van der Waals surface area (Å²) in [5.41, 5.74) is 5.12. The van der Waals surface area contributed by atoms with Crippen LogP contribution in [0.4, 0.5) is 8.78 Å². The van der Waals surface area contributed by atoms with Crippen molar-refractivity contribution in [1.82, 2.24) is 0 Å². The zero-order valence-corrected chi connectivity index (χ0v) is 7.61. The van der Waals surface area contributed by atoms with Crippen molar-refractivity contribution in [2.24, 2.45) is 5.73 Å². The van der Waals surface area contributed by atoms with Gasteiger partial charge in [-0.1, -0.05) is 0 Å². The van der Waals surface area contributed by atoms with Crippen LogP contribution in [0.3, 0.4) is 0 Å². The van der Waals surface area contributed by atoms with Crippen LogP contribution < -0.4 is 10.5 Å². The number of hydrogen-bond donors (Lipinski definition) is 2. The highest BCUT2D eigenvalue weighted by molar-refractivity contribution is 5.73. The van der Waals surface area contributed by atoms with Gasteiger partial charge in [-0.3, -0.25) is 0 Å². The summed E-state index contributed by atoms with van der Waals surface area (Å²) in [6.07, 6.45) is -1.27. The summed E-state index contributed by atoms with van der Waals surface area (Å²) < 4.78 is 30.0. The molecule has 1 aromatic rings. The van der Waals surface area contributed by atoms with Crippen LogP contribution in [0.15, 0.2) is 18.2 Å². The molecule has 0 radical (unpaired) electrons. The Bertz CT molecular complexity index is 370. The van der Waals surface area contributed by atoms with Crippen LogP contribution in [0.5, 0.6) is 5.75 Å². The average Bonchev–Trinajstić information content (AvgIpc) is 2.19. The average molecular weight is 217 g/mol. The highest BCUT2D eigenvalue weighted by atomic mass is 19.2. The lowest BCUT2D eigenvalue weighted by Gasteiger charge is -2.12. The van der Waals surface area contributed by atoms with Crippen LogP contribution in [0.1, 0.15) is 0 Å². The molecule has 0 saturated heterocycles. The maximum absolute atomic E-state index is 12.7. The number of aliphatic carboxylic acids is 1. The van der Waals surface area contributed by atoms with Gasteiger partial charge < -0.3 is 15.6 Å². The minimum absolute atomic E-state index is 0.0771. The van der Waals surface area contributed by atoms with Gasteiger partial charge in [-0.25, -0.2) is 13.6 Å². The molecule has 1 unspecified atom stereocenters. The number of benzene rings is 1. The topological polar surface area (TPSA) is 72.5 Å². The molecule has 0 aromatic heterocycles. The van der Waals surface area contributed by atoms with Crippen LogP contribution >= 0.6 is 0 Å². The molecule has 0 heterocycles. The van der Waals surface area contributed by atoms with Crippen molar-refractivity contribution >= 4 is 5.97 Å². The summed E-state index contributed by atoms with van der Waals surface area (Å²) in [4.78, 5) is 10.5. The Morgan fingerprint density at radius 3 is 2.60 bits per heavy atom. The molecule has 82 valence electrons. The Morgan fingerprint density at radius 2 is 2.13 bits per heavy atom. The molecule has 0 aliphatic rings. The number of carboxylic acid groups (broad SMARTS) is 1. The second-order valence-electron chi connectivity index (χ2n) is 2.76. The van der Waals surface area contributed by atoms with Crippen molar-refractivity contribution in [3.05, 3.63) is 29.8 Å². The van der Waals surface area contributed by atoms with Crippen molar-refractivity contribution in [2.75, 3.05) is 6.54 Å². The van der Waals surface area contributed by atoms with Crippen LogP contribution in [-0.4, -0.2) is 23.7 Å². The smallest absolute Gasteiger partial charge is 0.346 e. The Balaban J connectivity index is 2.80. The Labute approximate surface area is 84.3 Å². The molecule has 0 saturated carbocycles. The van der Waals surface area contributed by atoms with Crippen LogP contribution in [-0.2, 0) is 4.79 Å². The van der Waals surface area contributed by atoms with Gasteiger partial charge in [0.25, 0.3) is 0 Å². The highest BCUT2D eigenvalue weighted by Gasteiger charge is 2.17. The first-order valence-corrected chi connectivity index (χ1v) is 4.09. The number of rotatable bonds is 4. The zero-order valence-electron chi connectivity index (χ0n) is 7.61. The molecule has 1 rings (SSSR count). The van der Waals surface area contributed by atoms with E-state index in [1.165, 1.54) is 0 Å². The predicted octanol–water partition coefficient (Wildman–Crippen LogP) is 0.756. The minimum Gasteiger partial charge on any atom is -0.478 e. The van der Waals surface area contributed by atoms with Crippen LogP contribution in [0, 0.1) is 11.6 Å². The predicted molar refractivity (Wildman–Crippen MR) is 47.5 cm³/mol. The fraction of sp³-hybridized carbons (Fsp3) is 0.222. The van der Waals surface area contributed by atoms with E-state index in [4.69, 9.17) is 15.6 Å². The number of carboxylic acids is 1. The zero-order chi connectivity index (χ0) is 11.4. The fourth-order valence-electron chi connectivity index (χ4n) is 0.914. The van der Waals surface area contributed by atoms with Crippen LogP contribution in [0.25, 0.3) is 0 Å². The Morgan fingerprint density at radius 1 is 1.47 bits per heavy atom. The molecule has 0 spiro atoms. The molecule has 0 aliphatic heterocycles. The van der Waals surface area contributed by atoms with Gasteiger partial charge in [0.05, 0.1) is 0 Å². The van der Waals surface area contributed by atoms with Crippen molar-refractivity contribution in [1.29, 1.82) is 0 Å². The van der Waals surface area contributed by atoms with E-state index < -0.39 is 23.7 Å². The molecule has 6 heteroatoms. The van der Waals surface area contributed by atoms with E-state index in [1.807, 2.05) is 0 Å². The highest BCUT2D eigenvalue weighted by Crippen LogP contribution is 2.16. The molecule has 15 heavy (non-hydrogen) atoms. The van der Waals surface area contributed by atoms with E-state index in [0.29, 0.717) is 0 Å². The van der Waals surface area contributed by atoms with E-state index in [2.05, 4.69) is 0 Å². The second-order valence-corrected chi connectivity index (χ2v) is 2.76. The fourth-order valence-corrected chi connectivity index (χ4v) is 0.914. The van der Waals surface area contributed by atoms with Gasteiger partial charge in [-0.15, -0.1) is 0 Å². The first-order chi connectivity index (χ1) is 7.04. The maximum Gasteiger partial charge on any atom is 0.346 e. The lowest BCUT2D eigenvalue weighted by molar-refractivity contribution is -0.144. The van der Waals surface area contributed by atoms with Gasteiger partial charge in [-0.2, -0.15) is 0 Å².